The quantitative estimate of drug-likeness (QED) is 0.534. The first kappa shape index (κ1) is 20.4. The van der Waals surface area contributed by atoms with Crippen molar-refractivity contribution < 1.29 is 9.53 Å². The minimum absolute atomic E-state index is 0.176. The summed E-state index contributed by atoms with van der Waals surface area (Å²) >= 11 is 1.62. The number of benzene rings is 3. The third-order valence-corrected chi connectivity index (χ3v) is 6.59. The van der Waals surface area contributed by atoms with E-state index in [4.69, 9.17) is 4.74 Å². The van der Waals surface area contributed by atoms with Crippen molar-refractivity contribution in [2.75, 3.05) is 38.2 Å². The molecule has 0 spiro atoms. The standard InChI is InChI=1S/C25H26N2O2S/c1-29-23-15-9-8-14-22(23)26-16-18-27(19-17-26)25(28)24(20-10-4-2-5-11-20)30-21-12-6-3-7-13-21/h2-15,24H,16-19H2,1H3/t24-/m0/s1. The van der Waals surface area contributed by atoms with Crippen molar-refractivity contribution in [3.8, 4) is 5.75 Å². The van der Waals surface area contributed by atoms with Crippen LogP contribution in [0.4, 0.5) is 5.69 Å². The molecule has 1 fully saturated rings. The van der Waals surface area contributed by atoms with Crippen LogP contribution in [0.1, 0.15) is 10.8 Å². The molecule has 1 heterocycles. The Kier molecular flexibility index (Phi) is 6.60. The van der Waals surface area contributed by atoms with Crippen LogP contribution in [0, 0.1) is 0 Å². The lowest BCUT2D eigenvalue weighted by atomic mass is 10.1. The Balaban J connectivity index is 1.49. The van der Waals surface area contributed by atoms with E-state index in [9.17, 15) is 4.79 Å². The monoisotopic (exact) mass is 418 g/mol. The largest absolute Gasteiger partial charge is 0.495 e. The highest BCUT2D eigenvalue weighted by molar-refractivity contribution is 8.00. The topological polar surface area (TPSA) is 32.8 Å². The molecule has 3 aromatic rings. The Morgan fingerprint density at radius 1 is 0.833 bits per heavy atom. The smallest absolute Gasteiger partial charge is 0.240 e. The average molecular weight is 419 g/mol. The van der Waals surface area contributed by atoms with Crippen LogP contribution in [0.3, 0.4) is 0 Å². The fraction of sp³-hybridized carbons (Fsp3) is 0.240. The van der Waals surface area contributed by atoms with Crippen molar-refractivity contribution in [3.05, 3.63) is 90.5 Å². The van der Waals surface area contributed by atoms with Gasteiger partial charge in [0.15, 0.2) is 0 Å². The lowest BCUT2D eigenvalue weighted by Gasteiger charge is -2.38. The Morgan fingerprint density at radius 3 is 2.10 bits per heavy atom. The number of thioether (sulfide) groups is 1. The van der Waals surface area contributed by atoms with Gasteiger partial charge < -0.3 is 14.5 Å². The van der Waals surface area contributed by atoms with Gasteiger partial charge in [0.25, 0.3) is 0 Å². The highest BCUT2D eigenvalue weighted by Gasteiger charge is 2.30. The highest BCUT2D eigenvalue weighted by Crippen LogP contribution is 2.37. The van der Waals surface area contributed by atoms with Crippen LogP contribution in [0.2, 0.25) is 0 Å². The summed E-state index contributed by atoms with van der Waals surface area (Å²) in [6.07, 6.45) is 0. The molecule has 0 bridgehead atoms. The van der Waals surface area contributed by atoms with Crippen molar-refractivity contribution in [2.45, 2.75) is 10.1 Å². The number of hydrogen-bond acceptors (Lipinski definition) is 4. The van der Waals surface area contributed by atoms with Crippen LogP contribution >= 0.6 is 11.8 Å². The number of amides is 1. The number of carbonyl (C=O) groups is 1. The van der Waals surface area contributed by atoms with Gasteiger partial charge in [0.2, 0.25) is 5.91 Å². The van der Waals surface area contributed by atoms with E-state index in [1.54, 1.807) is 18.9 Å². The molecule has 1 saturated heterocycles. The number of para-hydroxylation sites is 2. The van der Waals surface area contributed by atoms with Crippen LogP contribution in [0.15, 0.2) is 89.8 Å². The van der Waals surface area contributed by atoms with Crippen molar-refractivity contribution in [1.82, 2.24) is 4.90 Å². The van der Waals surface area contributed by atoms with Gasteiger partial charge in [-0.05, 0) is 29.8 Å². The maximum Gasteiger partial charge on any atom is 0.240 e. The maximum absolute atomic E-state index is 13.5. The van der Waals surface area contributed by atoms with Crippen LogP contribution in [-0.2, 0) is 4.79 Å². The molecule has 0 radical (unpaired) electrons. The SMILES string of the molecule is COc1ccccc1N1CCN(C(=O)[C@@H](Sc2ccccc2)c2ccccc2)CC1. The van der Waals surface area contributed by atoms with E-state index in [0.29, 0.717) is 13.1 Å². The molecule has 1 amide bonds. The molecule has 3 aromatic carbocycles. The number of hydrogen-bond donors (Lipinski definition) is 0. The number of carbonyl (C=O) groups excluding carboxylic acids is 1. The number of rotatable bonds is 6. The molecule has 5 heteroatoms. The zero-order chi connectivity index (χ0) is 20.8. The number of methoxy groups -OCH3 is 1. The van der Waals surface area contributed by atoms with E-state index in [2.05, 4.69) is 23.1 Å². The third-order valence-electron chi connectivity index (χ3n) is 5.34. The third kappa shape index (κ3) is 4.62. The summed E-state index contributed by atoms with van der Waals surface area (Å²) in [6.45, 7) is 3.00. The molecule has 0 N–H and O–H groups in total. The minimum Gasteiger partial charge on any atom is -0.495 e. The Bertz CT molecular complexity index is 957. The average Bonchev–Trinajstić information content (AvgIpc) is 2.83. The molecule has 1 aliphatic rings. The molecular weight excluding hydrogens is 392 g/mol. The van der Waals surface area contributed by atoms with Gasteiger partial charge >= 0.3 is 0 Å². The fourth-order valence-electron chi connectivity index (χ4n) is 3.75. The molecule has 0 unspecified atom stereocenters. The predicted molar refractivity (Wildman–Crippen MR) is 123 cm³/mol. The van der Waals surface area contributed by atoms with Gasteiger partial charge in [0, 0.05) is 31.1 Å². The first-order valence-corrected chi connectivity index (χ1v) is 11.1. The second kappa shape index (κ2) is 9.72. The van der Waals surface area contributed by atoms with Crippen molar-refractivity contribution in [2.24, 2.45) is 0 Å². The van der Waals surface area contributed by atoms with Crippen LogP contribution in [-0.4, -0.2) is 44.1 Å². The molecule has 4 nitrogen and oxygen atoms in total. The van der Waals surface area contributed by atoms with E-state index in [1.165, 1.54) is 0 Å². The van der Waals surface area contributed by atoms with Gasteiger partial charge in [-0.25, -0.2) is 0 Å². The second-order valence-electron chi connectivity index (χ2n) is 7.21. The van der Waals surface area contributed by atoms with Gasteiger partial charge in [0.1, 0.15) is 11.0 Å². The lowest BCUT2D eigenvalue weighted by Crippen LogP contribution is -2.49. The minimum atomic E-state index is -0.244. The summed E-state index contributed by atoms with van der Waals surface area (Å²) < 4.78 is 5.51. The van der Waals surface area contributed by atoms with Gasteiger partial charge in [-0.2, -0.15) is 0 Å². The summed E-state index contributed by atoms with van der Waals surface area (Å²) in [6, 6.07) is 28.3. The summed E-state index contributed by atoms with van der Waals surface area (Å²) in [5, 5.41) is -0.244. The zero-order valence-electron chi connectivity index (χ0n) is 17.1. The van der Waals surface area contributed by atoms with Crippen LogP contribution in [0.5, 0.6) is 5.75 Å². The molecular formula is C25H26N2O2S. The summed E-state index contributed by atoms with van der Waals surface area (Å²) in [4.78, 5) is 18.9. The highest BCUT2D eigenvalue weighted by atomic mass is 32.2. The molecule has 0 aromatic heterocycles. The van der Waals surface area contributed by atoms with E-state index in [1.807, 2.05) is 71.6 Å². The van der Waals surface area contributed by atoms with Crippen molar-refractivity contribution in [1.29, 1.82) is 0 Å². The van der Waals surface area contributed by atoms with Crippen molar-refractivity contribution >= 4 is 23.4 Å². The first-order chi connectivity index (χ1) is 14.8. The molecule has 1 atom stereocenters. The number of ether oxygens (including phenoxy) is 1. The maximum atomic E-state index is 13.5. The zero-order valence-corrected chi connectivity index (χ0v) is 17.9. The molecule has 4 rings (SSSR count). The fourth-order valence-corrected chi connectivity index (χ4v) is 4.88. The van der Waals surface area contributed by atoms with E-state index in [-0.39, 0.29) is 11.2 Å². The summed E-state index contributed by atoms with van der Waals surface area (Å²) in [7, 11) is 1.70. The summed E-state index contributed by atoms with van der Waals surface area (Å²) in [5.41, 5.74) is 2.13. The first-order valence-electron chi connectivity index (χ1n) is 10.2. The Hall–Kier alpha value is -2.92. The van der Waals surface area contributed by atoms with Crippen molar-refractivity contribution in [3.63, 3.8) is 0 Å². The normalized spacial score (nSPS) is 15.0. The molecule has 1 aliphatic heterocycles. The Morgan fingerprint density at radius 2 is 1.43 bits per heavy atom. The molecule has 0 saturated carbocycles. The molecule has 30 heavy (non-hydrogen) atoms. The van der Waals surface area contributed by atoms with E-state index in [0.717, 1.165) is 35.0 Å². The van der Waals surface area contributed by atoms with Crippen LogP contribution < -0.4 is 9.64 Å². The molecule has 154 valence electrons. The van der Waals surface area contributed by atoms with E-state index >= 15 is 0 Å². The number of piperazine rings is 1. The van der Waals surface area contributed by atoms with Gasteiger partial charge in [-0.1, -0.05) is 60.7 Å². The van der Waals surface area contributed by atoms with Gasteiger partial charge in [-0.3, -0.25) is 4.79 Å². The van der Waals surface area contributed by atoms with Gasteiger partial charge in [-0.15, -0.1) is 11.8 Å². The second-order valence-corrected chi connectivity index (χ2v) is 8.38. The van der Waals surface area contributed by atoms with Gasteiger partial charge in [0.05, 0.1) is 12.8 Å². The molecule has 0 aliphatic carbocycles. The predicted octanol–water partition coefficient (Wildman–Crippen LogP) is 4.88. The number of anilines is 1. The van der Waals surface area contributed by atoms with E-state index < -0.39 is 0 Å². The number of nitrogens with zero attached hydrogens (tertiary/aromatic N) is 2. The Labute approximate surface area is 182 Å². The lowest BCUT2D eigenvalue weighted by molar-refractivity contribution is -0.131. The van der Waals surface area contributed by atoms with Crippen LogP contribution in [0.25, 0.3) is 0 Å². The summed E-state index contributed by atoms with van der Waals surface area (Å²) in [5.74, 6) is 1.05.